The first-order valence-electron chi connectivity index (χ1n) is 8.44. The highest BCUT2D eigenvalue weighted by Gasteiger charge is 2.01. The van der Waals surface area contributed by atoms with Crippen LogP contribution < -0.4 is 0 Å². The van der Waals surface area contributed by atoms with Crippen molar-refractivity contribution >= 4 is 11.1 Å². The summed E-state index contributed by atoms with van der Waals surface area (Å²) in [6.45, 7) is 11.1. The molecule has 0 spiro atoms. The lowest BCUT2D eigenvalue weighted by Crippen LogP contribution is -2.02. The van der Waals surface area contributed by atoms with Gasteiger partial charge < -0.3 is 14.2 Å². The smallest absolute Gasteiger partial charge is 0.111 e. The minimum atomic E-state index is 0.584. The van der Waals surface area contributed by atoms with Crippen LogP contribution in [0.3, 0.4) is 0 Å². The summed E-state index contributed by atoms with van der Waals surface area (Å²) in [5.41, 5.74) is 4.55. The first kappa shape index (κ1) is 19.3. The van der Waals surface area contributed by atoms with Crippen LogP contribution in [0.15, 0.2) is 36.8 Å². The molecule has 0 aliphatic heterocycles. The van der Waals surface area contributed by atoms with Crippen LogP contribution in [0.1, 0.15) is 51.7 Å². The maximum Gasteiger partial charge on any atom is 0.111 e. The first-order valence-corrected chi connectivity index (χ1v) is 8.44. The number of ether oxygens (including phenoxy) is 3. The number of benzene rings is 1. The molecule has 0 saturated carbocycles. The fourth-order valence-corrected chi connectivity index (χ4v) is 1.98. The van der Waals surface area contributed by atoms with Gasteiger partial charge in [-0.05, 0) is 55.0 Å². The first-order chi connectivity index (χ1) is 11.2. The molecule has 0 amide bonds. The summed E-state index contributed by atoms with van der Waals surface area (Å²) in [5, 5.41) is 0. The molecule has 3 heteroatoms. The zero-order valence-corrected chi connectivity index (χ0v) is 14.9. The molecule has 128 valence electrons. The van der Waals surface area contributed by atoms with Gasteiger partial charge in [0, 0.05) is 6.61 Å². The Morgan fingerprint density at radius 1 is 0.826 bits per heavy atom. The molecule has 0 saturated heterocycles. The van der Waals surface area contributed by atoms with E-state index in [1.54, 1.807) is 6.26 Å². The number of hydrogen-bond donors (Lipinski definition) is 0. The van der Waals surface area contributed by atoms with Crippen LogP contribution in [0.25, 0.3) is 11.1 Å². The second-order valence-electron chi connectivity index (χ2n) is 5.54. The lowest BCUT2D eigenvalue weighted by atomic mass is 10.0. The largest absolute Gasteiger partial charge is 0.501 e. The van der Waals surface area contributed by atoms with E-state index >= 15 is 0 Å². The molecule has 1 aromatic carbocycles. The average molecular weight is 318 g/mol. The van der Waals surface area contributed by atoms with Crippen LogP contribution >= 0.6 is 0 Å². The van der Waals surface area contributed by atoms with Crippen LogP contribution in [0.5, 0.6) is 0 Å². The Kier molecular flexibility index (Phi) is 9.89. The molecule has 0 atom stereocenters. The number of allylic oxidation sites excluding steroid dienone is 2. The molecule has 0 aliphatic carbocycles. The maximum atomic E-state index is 5.55. The van der Waals surface area contributed by atoms with Gasteiger partial charge in [0.1, 0.15) is 6.61 Å². The summed E-state index contributed by atoms with van der Waals surface area (Å²) in [5.74, 6) is 0. The van der Waals surface area contributed by atoms with Crippen molar-refractivity contribution < 1.29 is 14.2 Å². The monoisotopic (exact) mass is 318 g/mol. The van der Waals surface area contributed by atoms with E-state index in [1.165, 1.54) is 0 Å². The van der Waals surface area contributed by atoms with Gasteiger partial charge in [-0.1, -0.05) is 32.0 Å². The van der Waals surface area contributed by atoms with Crippen molar-refractivity contribution in [1.82, 2.24) is 0 Å². The SMILES string of the molecule is CCCOC=C(C)c1cccc(C(C)=COCCOCCC)c1. The van der Waals surface area contributed by atoms with Crippen molar-refractivity contribution in [3.8, 4) is 0 Å². The Hall–Kier alpha value is -1.74. The molecule has 23 heavy (non-hydrogen) atoms. The molecule has 3 nitrogen and oxygen atoms in total. The van der Waals surface area contributed by atoms with E-state index in [0.29, 0.717) is 13.2 Å². The molecule has 0 unspecified atom stereocenters. The molecule has 0 N–H and O–H groups in total. The number of rotatable bonds is 11. The van der Waals surface area contributed by atoms with Crippen LogP contribution in [-0.2, 0) is 14.2 Å². The molecular weight excluding hydrogens is 288 g/mol. The van der Waals surface area contributed by atoms with Gasteiger partial charge in [0.25, 0.3) is 0 Å². The lowest BCUT2D eigenvalue weighted by molar-refractivity contribution is 0.0856. The van der Waals surface area contributed by atoms with E-state index in [9.17, 15) is 0 Å². The highest BCUT2D eigenvalue weighted by molar-refractivity contribution is 5.70. The fourth-order valence-electron chi connectivity index (χ4n) is 1.98. The zero-order valence-electron chi connectivity index (χ0n) is 14.9. The lowest BCUT2D eigenvalue weighted by Gasteiger charge is -2.08. The molecule has 1 rings (SSSR count). The summed E-state index contributed by atoms with van der Waals surface area (Å²) in [4.78, 5) is 0. The predicted octanol–water partition coefficient (Wildman–Crippen LogP) is 5.28. The van der Waals surface area contributed by atoms with Gasteiger partial charge in [0.2, 0.25) is 0 Å². The van der Waals surface area contributed by atoms with Gasteiger partial charge in [-0.25, -0.2) is 0 Å². The highest BCUT2D eigenvalue weighted by atomic mass is 16.5. The van der Waals surface area contributed by atoms with Crippen LogP contribution in [-0.4, -0.2) is 26.4 Å². The second-order valence-corrected chi connectivity index (χ2v) is 5.54. The standard InChI is InChI=1S/C20H30O3/c1-5-10-21-12-13-23-16-18(4)20-9-7-8-19(14-20)17(3)15-22-11-6-2/h7-9,14-16H,5-6,10-13H2,1-4H3. The van der Waals surface area contributed by atoms with E-state index in [-0.39, 0.29) is 0 Å². The topological polar surface area (TPSA) is 27.7 Å². The fraction of sp³-hybridized carbons (Fsp3) is 0.500. The van der Waals surface area contributed by atoms with E-state index in [0.717, 1.165) is 48.3 Å². The van der Waals surface area contributed by atoms with Crippen molar-refractivity contribution in [2.24, 2.45) is 0 Å². The molecule has 0 heterocycles. The second kappa shape index (κ2) is 11.8. The third kappa shape index (κ3) is 7.89. The molecule has 0 radical (unpaired) electrons. The van der Waals surface area contributed by atoms with Crippen LogP contribution in [0.4, 0.5) is 0 Å². The Labute approximate surface area is 141 Å². The van der Waals surface area contributed by atoms with Crippen LogP contribution in [0, 0.1) is 0 Å². The average Bonchev–Trinajstić information content (AvgIpc) is 2.58. The van der Waals surface area contributed by atoms with E-state index in [1.807, 2.05) is 6.26 Å². The predicted molar refractivity (Wildman–Crippen MR) is 97.0 cm³/mol. The maximum absolute atomic E-state index is 5.55. The third-order valence-corrected chi connectivity index (χ3v) is 3.31. The highest BCUT2D eigenvalue weighted by Crippen LogP contribution is 2.20. The van der Waals surface area contributed by atoms with Crippen molar-refractivity contribution in [2.75, 3.05) is 26.4 Å². The van der Waals surface area contributed by atoms with Crippen molar-refractivity contribution in [3.05, 3.63) is 47.9 Å². The molecule has 0 aromatic heterocycles. The third-order valence-electron chi connectivity index (χ3n) is 3.31. The van der Waals surface area contributed by atoms with Gasteiger partial charge in [-0.3, -0.25) is 0 Å². The van der Waals surface area contributed by atoms with E-state index in [4.69, 9.17) is 14.2 Å². The summed E-state index contributed by atoms with van der Waals surface area (Å²) < 4.78 is 16.4. The molecule has 0 bridgehead atoms. The number of hydrogen-bond acceptors (Lipinski definition) is 3. The van der Waals surface area contributed by atoms with Gasteiger partial charge in [0.15, 0.2) is 0 Å². The Bertz CT molecular complexity index is 503. The summed E-state index contributed by atoms with van der Waals surface area (Å²) in [7, 11) is 0. The molecule has 0 aliphatic rings. The summed E-state index contributed by atoms with van der Waals surface area (Å²) in [6, 6.07) is 8.40. The Morgan fingerprint density at radius 3 is 1.96 bits per heavy atom. The van der Waals surface area contributed by atoms with Gasteiger partial charge >= 0.3 is 0 Å². The molecule has 0 fully saturated rings. The summed E-state index contributed by atoms with van der Waals surface area (Å²) >= 11 is 0. The Balaban J connectivity index is 2.59. The normalized spacial score (nSPS) is 12.3. The summed E-state index contributed by atoms with van der Waals surface area (Å²) in [6.07, 6.45) is 5.70. The van der Waals surface area contributed by atoms with Crippen molar-refractivity contribution in [1.29, 1.82) is 0 Å². The van der Waals surface area contributed by atoms with Crippen molar-refractivity contribution in [2.45, 2.75) is 40.5 Å². The molecule has 1 aromatic rings. The quantitative estimate of drug-likeness (QED) is 0.410. The molecular formula is C20H30O3. The zero-order chi connectivity index (χ0) is 16.9. The minimum Gasteiger partial charge on any atom is -0.501 e. The Morgan fingerprint density at radius 2 is 1.39 bits per heavy atom. The van der Waals surface area contributed by atoms with Crippen LogP contribution in [0.2, 0.25) is 0 Å². The minimum absolute atomic E-state index is 0.584. The van der Waals surface area contributed by atoms with Crippen molar-refractivity contribution in [3.63, 3.8) is 0 Å². The van der Waals surface area contributed by atoms with E-state index < -0.39 is 0 Å². The van der Waals surface area contributed by atoms with E-state index in [2.05, 4.69) is 52.0 Å². The van der Waals surface area contributed by atoms with Gasteiger partial charge in [-0.15, -0.1) is 0 Å². The van der Waals surface area contributed by atoms with Gasteiger partial charge in [-0.2, -0.15) is 0 Å². The van der Waals surface area contributed by atoms with Gasteiger partial charge in [0.05, 0.1) is 25.7 Å².